The number of carbonyl (C=O) groups is 1. The highest BCUT2D eigenvalue weighted by molar-refractivity contribution is 6.33. The second-order valence-corrected chi connectivity index (χ2v) is 8.01. The zero-order valence-electron chi connectivity index (χ0n) is 17.7. The smallest absolute Gasteiger partial charge is 0.332 e. The molecule has 1 N–H and O–H groups in total. The number of aromatic nitrogens is 2. The Hall–Kier alpha value is -2.58. The molecule has 1 aliphatic heterocycles. The van der Waals surface area contributed by atoms with Crippen molar-refractivity contribution in [1.82, 2.24) is 14.0 Å². The topological polar surface area (TPSA) is 79.6 Å². The van der Waals surface area contributed by atoms with E-state index in [0.717, 1.165) is 55.9 Å². The van der Waals surface area contributed by atoms with Crippen molar-refractivity contribution in [2.24, 2.45) is 14.1 Å². The Morgan fingerprint density at radius 2 is 1.77 bits per heavy atom. The van der Waals surface area contributed by atoms with Crippen LogP contribution in [0.2, 0.25) is 5.02 Å². The van der Waals surface area contributed by atoms with Crippen molar-refractivity contribution in [2.45, 2.75) is 13.3 Å². The van der Waals surface area contributed by atoms with Crippen molar-refractivity contribution in [3.63, 3.8) is 0 Å². The van der Waals surface area contributed by atoms with Crippen molar-refractivity contribution in [2.75, 3.05) is 49.5 Å². The molecule has 0 spiro atoms. The Kier molecular flexibility index (Phi) is 6.99. The van der Waals surface area contributed by atoms with Crippen LogP contribution < -0.4 is 21.5 Å². The lowest BCUT2D eigenvalue weighted by atomic mass is 10.1. The molecule has 1 fully saturated rings. The van der Waals surface area contributed by atoms with Crippen LogP contribution in [0.4, 0.5) is 11.5 Å². The van der Waals surface area contributed by atoms with Gasteiger partial charge in [-0.25, -0.2) is 4.79 Å². The number of hydrogen-bond donors (Lipinski definition) is 1. The van der Waals surface area contributed by atoms with Gasteiger partial charge in [0.2, 0.25) is 0 Å². The molecule has 0 saturated carbocycles. The molecule has 0 aliphatic carbocycles. The van der Waals surface area contributed by atoms with E-state index in [-0.39, 0.29) is 17.0 Å². The zero-order chi connectivity index (χ0) is 21.8. The van der Waals surface area contributed by atoms with E-state index >= 15 is 0 Å². The first-order chi connectivity index (χ1) is 14.3. The standard InChI is InChI=1S/C21H28ClN5O3/c1-15(28)16-5-6-18(17(22)13-16)23-7-4-8-26-9-11-27(12-10-26)19-14-20(29)25(3)21(30)24(19)2/h5-6,13-14,23H,4,7-12H2,1-3H3. The van der Waals surface area contributed by atoms with E-state index in [0.29, 0.717) is 16.4 Å². The van der Waals surface area contributed by atoms with Crippen LogP contribution in [0.5, 0.6) is 0 Å². The number of nitrogens with one attached hydrogen (secondary N) is 1. The zero-order valence-corrected chi connectivity index (χ0v) is 18.4. The molecule has 2 heterocycles. The van der Waals surface area contributed by atoms with Gasteiger partial charge in [-0.1, -0.05) is 11.6 Å². The van der Waals surface area contributed by atoms with Gasteiger partial charge in [-0.3, -0.25) is 23.6 Å². The largest absolute Gasteiger partial charge is 0.384 e. The van der Waals surface area contributed by atoms with Gasteiger partial charge in [0.05, 0.1) is 10.7 Å². The summed E-state index contributed by atoms with van der Waals surface area (Å²) in [7, 11) is 3.19. The molecule has 1 aliphatic rings. The number of halogens is 1. The van der Waals surface area contributed by atoms with Gasteiger partial charge < -0.3 is 10.2 Å². The summed E-state index contributed by atoms with van der Waals surface area (Å²) in [6.45, 7) is 6.53. The lowest BCUT2D eigenvalue weighted by molar-refractivity contribution is 0.101. The molecule has 1 aromatic heterocycles. The number of rotatable bonds is 7. The molecule has 0 bridgehead atoms. The highest BCUT2D eigenvalue weighted by Gasteiger charge is 2.20. The van der Waals surface area contributed by atoms with Gasteiger partial charge in [0, 0.05) is 58.4 Å². The number of Topliss-reactive ketones (excluding diaryl/α,β-unsaturated/α-hetero) is 1. The molecule has 2 aromatic rings. The molecule has 8 nitrogen and oxygen atoms in total. The average molecular weight is 434 g/mol. The van der Waals surface area contributed by atoms with E-state index in [1.165, 1.54) is 24.6 Å². The number of ketones is 1. The van der Waals surface area contributed by atoms with Crippen LogP contribution in [0, 0.1) is 0 Å². The van der Waals surface area contributed by atoms with E-state index in [2.05, 4.69) is 15.1 Å². The number of benzene rings is 1. The Balaban J connectivity index is 1.46. The van der Waals surface area contributed by atoms with Gasteiger partial charge in [-0.15, -0.1) is 0 Å². The van der Waals surface area contributed by atoms with Crippen LogP contribution in [0.25, 0.3) is 0 Å². The second-order valence-electron chi connectivity index (χ2n) is 7.60. The Bertz CT molecular complexity index is 1040. The van der Waals surface area contributed by atoms with Gasteiger partial charge >= 0.3 is 5.69 Å². The summed E-state index contributed by atoms with van der Waals surface area (Å²) in [6.07, 6.45) is 0.954. The number of hydrogen-bond acceptors (Lipinski definition) is 6. The summed E-state index contributed by atoms with van der Waals surface area (Å²) in [5.74, 6) is 0.673. The second kappa shape index (κ2) is 9.49. The average Bonchev–Trinajstić information content (AvgIpc) is 2.73. The molecule has 9 heteroatoms. The first-order valence-corrected chi connectivity index (χ1v) is 10.4. The Morgan fingerprint density at radius 1 is 1.07 bits per heavy atom. The van der Waals surface area contributed by atoms with Crippen LogP contribution >= 0.6 is 11.6 Å². The summed E-state index contributed by atoms with van der Waals surface area (Å²) < 4.78 is 2.65. The number of anilines is 2. The summed E-state index contributed by atoms with van der Waals surface area (Å²) in [6, 6.07) is 6.84. The van der Waals surface area contributed by atoms with Gasteiger partial charge in [-0.05, 0) is 38.1 Å². The number of nitrogens with zero attached hydrogens (tertiary/aromatic N) is 4. The Morgan fingerprint density at radius 3 is 2.40 bits per heavy atom. The molecule has 0 radical (unpaired) electrons. The molecule has 1 saturated heterocycles. The number of carbonyl (C=O) groups excluding carboxylic acids is 1. The van der Waals surface area contributed by atoms with E-state index in [4.69, 9.17) is 11.6 Å². The van der Waals surface area contributed by atoms with E-state index in [1.807, 2.05) is 6.07 Å². The summed E-state index contributed by atoms with van der Waals surface area (Å²) in [5, 5.41) is 3.87. The van der Waals surface area contributed by atoms with E-state index < -0.39 is 0 Å². The molecule has 1 aromatic carbocycles. The predicted molar refractivity (Wildman–Crippen MR) is 120 cm³/mol. The maximum atomic E-state index is 12.1. The summed E-state index contributed by atoms with van der Waals surface area (Å²) in [4.78, 5) is 40.0. The summed E-state index contributed by atoms with van der Waals surface area (Å²) in [5.41, 5.74) is 0.854. The SMILES string of the molecule is CC(=O)c1ccc(NCCCN2CCN(c3cc(=O)n(C)c(=O)n3C)CC2)c(Cl)c1. The van der Waals surface area contributed by atoms with Crippen LogP contribution in [-0.4, -0.2) is 59.1 Å². The lowest BCUT2D eigenvalue weighted by Crippen LogP contribution is -2.49. The fraction of sp³-hybridized carbons (Fsp3) is 0.476. The van der Waals surface area contributed by atoms with Gasteiger partial charge in [0.25, 0.3) is 5.56 Å². The third kappa shape index (κ3) is 4.94. The van der Waals surface area contributed by atoms with Crippen LogP contribution in [0.3, 0.4) is 0 Å². The number of piperazine rings is 1. The molecule has 0 atom stereocenters. The predicted octanol–water partition coefficient (Wildman–Crippen LogP) is 1.56. The lowest BCUT2D eigenvalue weighted by Gasteiger charge is -2.36. The molecule has 0 amide bonds. The van der Waals surface area contributed by atoms with Gasteiger partial charge in [0.1, 0.15) is 5.82 Å². The van der Waals surface area contributed by atoms with Crippen LogP contribution in [0.1, 0.15) is 23.7 Å². The minimum absolute atomic E-state index is 0.00136. The highest BCUT2D eigenvalue weighted by Crippen LogP contribution is 2.23. The fourth-order valence-corrected chi connectivity index (χ4v) is 3.88. The van der Waals surface area contributed by atoms with E-state index in [9.17, 15) is 14.4 Å². The molecule has 3 rings (SSSR count). The molecular formula is C21H28ClN5O3. The minimum atomic E-state index is -0.305. The monoisotopic (exact) mass is 433 g/mol. The maximum absolute atomic E-state index is 12.1. The van der Waals surface area contributed by atoms with Gasteiger partial charge in [0.15, 0.2) is 5.78 Å². The van der Waals surface area contributed by atoms with E-state index in [1.54, 1.807) is 19.2 Å². The highest BCUT2D eigenvalue weighted by atomic mass is 35.5. The summed E-state index contributed by atoms with van der Waals surface area (Å²) >= 11 is 6.24. The maximum Gasteiger partial charge on any atom is 0.332 e. The van der Waals surface area contributed by atoms with Crippen LogP contribution in [0.15, 0.2) is 33.9 Å². The van der Waals surface area contributed by atoms with Crippen molar-refractivity contribution >= 4 is 28.9 Å². The molecule has 30 heavy (non-hydrogen) atoms. The molecular weight excluding hydrogens is 406 g/mol. The normalized spacial score (nSPS) is 14.7. The third-order valence-electron chi connectivity index (χ3n) is 5.54. The van der Waals surface area contributed by atoms with Crippen molar-refractivity contribution in [3.8, 4) is 0 Å². The first kappa shape index (κ1) is 22.1. The van der Waals surface area contributed by atoms with Gasteiger partial charge in [-0.2, -0.15) is 0 Å². The third-order valence-corrected chi connectivity index (χ3v) is 5.85. The van der Waals surface area contributed by atoms with Crippen molar-refractivity contribution in [3.05, 3.63) is 55.7 Å². The van der Waals surface area contributed by atoms with Crippen LogP contribution in [-0.2, 0) is 14.1 Å². The van der Waals surface area contributed by atoms with Crippen molar-refractivity contribution < 1.29 is 4.79 Å². The fourth-order valence-electron chi connectivity index (χ4n) is 3.63. The molecule has 162 valence electrons. The quantitative estimate of drug-likeness (QED) is 0.527. The Labute approximate surface area is 180 Å². The minimum Gasteiger partial charge on any atom is -0.384 e. The van der Waals surface area contributed by atoms with Crippen molar-refractivity contribution in [1.29, 1.82) is 0 Å². The molecule has 0 unspecified atom stereocenters. The first-order valence-electron chi connectivity index (χ1n) is 10.1.